The number of benzene rings is 2. The number of rotatable bonds is 7. The molecule has 10 heteroatoms. The Hall–Kier alpha value is -4.18. The minimum atomic E-state index is -1.49. The number of aliphatic hydroxyl groups excluding tert-OH is 1. The molecule has 1 aliphatic carbocycles. The van der Waals surface area contributed by atoms with E-state index in [0.717, 1.165) is 22.3 Å². The second-order valence-electron chi connectivity index (χ2n) is 7.53. The summed E-state index contributed by atoms with van der Waals surface area (Å²) in [5.41, 5.74) is 4.31. The van der Waals surface area contributed by atoms with Gasteiger partial charge in [-0.25, -0.2) is 9.59 Å². The second kappa shape index (κ2) is 9.13. The number of carboxylic acids is 1. The number of amides is 2. The van der Waals surface area contributed by atoms with Crippen LogP contribution >= 0.6 is 0 Å². The fourth-order valence-electron chi connectivity index (χ4n) is 3.95. The number of aliphatic carboxylic acids is 1. The maximum Gasteiger partial charge on any atom is 0.411 e. The predicted octanol–water partition coefficient (Wildman–Crippen LogP) is 1.96. The number of aliphatic hydroxyl groups is 1. The number of anilines is 1. The Morgan fingerprint density at radius 2 is 1.70 bits per heavy atom. The van der Waals surface area contributed by atoms with E-state index < -0.39 is 30.6 Å². The summed E-state index contributed by atoms with van der Waals surface area (Å²) in [5, 5.41) is 26.8. The van der Waals surface area contributed by atoms with Gasteiger partial charge in [0.25, 0.3) is 5.91 Å². The standard InChI is InChI=1S/C23H22N4O6/c1-27-20(21(29)25-19(11-28)22(30)31)18(10-24-27)26-23(32)33-12-17-15-8-4-2-6-13(15)14-7-3-5-9-16(14)17/h2-10,17,19,28H,11-12H2,1H3,(H,25,29)(H,26,32)(H,30,31). The normalized spacial score (nSPS) is 13.0. The third-order valence-electron chi connectivity index (χ3n) is 5.52. The molecule has 1 unspecified atom stereocenters. The number of carbonyl (C=O) groups is 3. The molecule has 1 aliphatic rings. The highest BCUT2D eigenvalue weighted by molar-refractivity contribution is 6.02. The zero-order valence-corrected chi connectivity index (χ0v) is 17.7. The Labute approximate surface area is 188 Å². The number of nitrogens with one attached hydrogen (secondary N) is 2. The van der Waals surface area contributed by atoms with Crippen LogP contribution in [0, 0.1) is 0 Å². The average molecular weight is 450 g/mol. The van der Waals surface area contributed by atoms with Gasteiger partial charge in [-0.3, -0.25) is 14.8 Å². The SMILES string of the molecule is Cn1ncc(NC(=O)OCC2c3ccccc3-c3ccccc32)c1C(=O)NC(CO)C(=O)O. The molecule has 1 aromatic heterocycles. The van der Waals surface area contributed by atoms with E-state index in [9.17, 15) is 14.4 Å². The lowest BCUT2D eigenvalue weighted by Crippen LogP contribution is -2.44. The van der Waals surface area contributed by atoms with Crippen molar-refractivity contribution in [1.82, 2.24) is 15.1 Å². The van der Waals surface area contributed by atoms with E-state index in [1.54, 1.807) is 0 Å². The van der Waals surface area contributed by atoms with Crippen LogP contribution in [0.2, 0.25) is 0 Å². The number of hydrogen-bond donors (Lipinski definition) is 4. The Morgan fingerprint density at radius 3 is 2.27 bits per heavy atom. The lowest BCUT2D eigenvalue weighted by molar-refractivity contribution is -0.140. The van der Waals surface area contributed by atoms with Gasteiger partial charge in [0.05, 0.1) is 18.5 Å². The van der Waals surface area contributed by atoms with E-state index in [-0.39, 0.29) is 23.9 Å². The first-order valence-corrected chi connectivity index (χ1v) is 10.2. The van der Waals surface area contributed by atoms with Crippen LogP contribution in [-0.2, 0) is 16.6 Å². The second-order valence-corrected chi connectivity index (χ2v) is 7.53. The number of hydrogen-bond acceptors (Lipinski definition) is 6. The fourth-order valence-corrected chi connectivity index (χ4v) is 3.95. The van der Waals surface area contributed by atoms with E-state index in [1.807, 2.05) is 48.5 Å². The van der Waals surface area contributed by atoms with Crippen LogP contribution in [0.25, 0.3) is 11.1 Å². The summed E-state index contributed by atoms with van der Waals surface area (Å²) in [5.74, 6) is -2.33. The number of carboxylic acid groups (broad SMARTS) is 1. The van der Waals surface area contributed by atoms with Gasteiger partial charge in [0.2, 0.25) is 0 Å². The molecule has 4 rings (SSSR count). The summed E-state index contributed by atoms with van der Waals surface area (Å²) in [7, 11) is 1.46. The van der Waals surface area contributed by atoms with Crippen LogP contribution in [0.1, 0.15) is 27.5 Å². The topological polar surface area (TPSA) is 143 Å². The van der Waals surface area contributed by atoms with E-state index in [0.29, 0.717) is 0 Å². The van der Waals surface area contributed by atoms with Gasteiger partial charge in [-0.1, -0.05) is 48.5 Å². The van der Waals surface area contributed by atoms with E-state index >= 15 is 0 Å². The highest BCUT2D eigenvalue weighted by Crippen LogP contribution is 2.44. The molecule has 1 atom stereocenters. The first kappa shape index (κ1) is 22.0. The number of carbonyl (C=O) groups excluding carboxylic acids is 2. The van der Waals surface area contributed by atoms with Gasteiger partial charge < -0.3 is 20.3 Å². The molecule has 2 amide bonds. The van der Waals surface area contributed by atoms with Crippen LogP contribution in [0.4, 0.5) is 10.5 Å². The Bertz CT molecular complexity index is 1180. The fraction of sp³-hybridized carbons (Fsp3) is 0.217. The summed E-state index contributed by atoms with van der Waals surface area (Å²) in [6, 6.07) is 14.4. The van der Waals surface area contributed by atoms with Gasteiger partial charge in [-0.15, -0.1) is 0 Å². The van der Waals surface area contributed by atoms with Crippen molar-refractivity contribution < 1.29 is 29.3 Å². The van der Waals surface area contributed by atoms with Crippen molar-refractivity contribution in [3.8, 4) is 11.1 Å². The van der Waals surface area contributed by atoms with Crippen LogP contribution in [0.15, 0.2) is 54.7 Å². The van der Waals surface area contributed by atoms with Gasteiger partial charge in [0.1, 0.15) is 12.3 Å². The quantitative estimate of drug-likeness (QED) is 0.431. The molecule has 2 aromatic carbocycles. The van der Waals surface area contributed by atoms with Crippen molar-refractivity contribution in [1.29, 1.82) is 0 Å². The summed E-state index contributed by atoms with van der Waals surface area (Å²) < 4.78 is 6.66. The largest absolute Gasteiger partial charge is 0.480 e. The summed E-state index contributed by atoms with van der Waals surface area (Å²) in [6.07, 6.45) is 0.473. The number of nitrogens with zero attached hydrogens (tertiary/aromatic N) is 2. The van der Waals surface area contributed by atoms with Crippen molar-refractivity contribution in [3.05, 3.63) is 71.5 Å². The molecular weight excluding hydrogens is 428 g/mol. The highest BCUT2D eigenvalue weighted by Gasteiger charge is 2.29. The molecule has 0 aliphatic heterocycles. The van der Waals surface area contributed by atoms with Crippen molar-refractivity contribution in [2.75, 3.05) is 18.5 Å². The maximum absolute atomic E-state index is 12.5. The van der Waals surface area contributed by atoms with Gasteiger partial charge in [-0.05, 0) is 22.3 Å². The number of fused-ring (bicyclic) bond motifs is 3. The van der Waals surface area contributed by atoms with E-state index in [2.05, 4.69) is 15.7 Å². The molecular formula is C23H22N4O6. The van der Waals surface area contributed by atoms with Gasteiger partial charge >= 0.3 is 12.1 Å². The van der Waals surface area contributed by atoms with Crippen LogP contribution in [0.3, 0.4) is 0 Å². The minimum Gasteiger partial charge on any atom is -0.480 e. The summed E-state index contributed by atoms with van der Waals surface area (Å²) in [6.45, 7) is -0.693. The first-order valence-electron chi connectivity index (χ1n) is 10.2. The third-order valence-corrected chi connectivity index (χ3v) is 5.52. The predicted molar refractivity (Wildman–Crippen MR) is 118 cm³/mol. The average Bonchev–Trinajstić information content (AvgIpc) is 3.33. The molecule has 0 spiro atoms. The molecule has 1 heterocycles. The summed E-state index contributed by atoms with van der Waals surface area (Å²) >= 11 is 0. The van der Waals surface area contributed by atoms with Crippen molar-refractivity contribution in [2.24, 2.45) is 7.05 Å². The van der Waals surface area contributed by atoms with Gasteiger partial charge in [0.15, 0.2) is 6.04 Å². The molecule has 0 saturated heterocycles. The molecule has 170 valence electrons. The number of aryl methyl sites for hydroxylation is 1. The molecule has 0 fully saturated rings. The molecule has 10 nitrogen and oxygen atoms in total. The molecule has 0 bridgehead atoms. The number of ether oxygens (including phenoxy) is 1. The molecule has 0 radical (unpaired) electrons. The number of aromatic nitrogens is 2. The van der Waals surface area contributed by atoms with Crippen molar-refractivity contribution in [2.45, 2.75) is 12.0 Å². The van der Waals surface area contributed by atoms with Gasteiger partial charge in [-0.2, -0.15) is 5.10 Å². The zero-order valence-electron chi connectivity index (χ0n) is 17.7. The lowest BCUT2D eigenvalue weighted by atomic mass is 9.98. The van der Waals surface area contributed by atoms with E-state index in [1.165, 1.54) is 17.9 Å². The highest BCUT2D eigenvalue weighted by atomic mass is 16.5. The molecule has 3 aromatic rings. The molecule has 4 N–H and O–H groups in total. The third kappa shape index (κ3) is 4.28. The van der Waals surface area contributed by atoms with Gasteiger partial charge in [0, 0.05) is 13.0 Å². The monoisotopic (exact) mass is 450 g/mol. The minimum absolute atomic E-state index is 0.0503. The van der Waals surface area contributed by atoms with E-state index in [4.69, 9.17) is 14.9 Å². The van der Waals surface area contributed by atoms with Crippen LogP contribution in [-0.4, -0.2) is 57.2 Å². The Morgan fingerprint density at radius 1 is 1.09 bits per heavy atom. The zero-order chi connectivity index (χ0) is 23.5. The molecule has 33 heavy (non-hydrogen) atoms. The summed E-state index contributed by atoms with van der Waals surface area (Å²) in [4.78, 5) is 36.1. The molecule has 0 saturated carbocycles. The van der Waals surface area contributed by atoms with Crippen LogP contribution in [0.5, 0.6) is 0 Å². The van der Waals surface area contributed by atoms with Crippen molar-refractivity contribution in [3.63, 3.8) is 0 Å². The van der Waals surface area contributed by atoms with Crippen molar-refractivity contribution >= 4 is 23.7 Å². The lowest BCUT2D eigenvalue weighted by Gasteiger charge is -2.15. The maximum atomic E-state index is 12.5. The first-order chi connectivity index (χ1) is 15.9. The van der Waals surface area contributed by atoms with Crippen LogP contribution < -0.4 is 10.6 Å². The Balaban J connectivity index is 1.46. The Kier molecular flexibility index (Phi) is 6.09. The smallest absolute Gasteiger partial charge is 0.411 e.